The van der Waals surface area contributed by atoms with Crippen LogP contribution in [0.5, 0.6) is 0 Å². The molecule has 150 valence electrons. The highest BCUT2D eigenvalue weighted by molar-refractivity contribution is 7.92. The molecule has 10 heteroatoms. The molecule has 0 radical (unpaired) electrons. The van der Waals surface area contributed by atoms with Gasteiger partial charge in [0, 0.05) is 22.9 Å². The average Bonchev–Trinajstić information content (AvgIpc) is 3.20. The molecule has 2 aromatic carbocycles. The summed E-state index contributed by atoms with van der Waals surface area (Å²) in [5.74, 6) is 0.264. The number of amides is 1. The molecule has 9 nitrogen and oxygen atoms in total. The molecule has 0 aliphatic heterocycles. The molecule has 3 rings (SSSR count). The van der Waals surface area contributed by atoms with Crippen LogP contribution in [0.15, 0.2) is 70.2 Å². The first-order valence-corrected chi connectivity index (χ1v) is 9.93. The largest absolute Gasteiger partial charge is 0.467 e. The van der Waals surface area contributed by atoms with Crippen LogP contribution in [-0.4, -0.2) is 19.2 Å². The van der Waals surface area contributed by atoms with E-state index in [2.05, 4.69) is 10.0 Å². The maximum atomic E-state index is 12.5. The molecule has 0 atom stereocenters. The van der Waals surface area contributed by atoms with E-state index in [-0.39, 0.29) is 28.7 Å². The van der Waals surface area contributed by atoms with Gasteiger partial charge >= 0.3 is 0 Å². The van der Waals surface area contributed by atoms with E-state index < -0.39 is 14.9 Å². The van der Waals surface area contributed by atoms with Gasteiger partial charge in [-0.25, -0.2) is 8.42 Å². The van der Waals surface area contributed by atoms with E-state index in [9.17, 15) is 23.3 Å². The SMILES string of the molecule is Cc1ccc(S(=O)(=O)Nc2ccc(C(=O)NCc3ccco3)cc2)cc1[N+](=O)[O-]. The first-order chi connectivity index (χ1) is 13.8. The standard InChI is InChI=1S/C19H17N3O6S/c1-13-4-9-17(11-18(13)22(24)25)29(26,27)21-15-7-5-14(6-8-15)19(23)20-12-16-3-2-10-28-16/h2-11,21H,12H2,1H3,(H,20,23). The fourth-order valence-electron chi connectivity index (χ4n) is 2.54. The number of carbonyl (C=O) groups is 1. The molecule has 1 heterocycles. The predicted molar refractivity (Wildman–Crippen MR) is 105 cm³/mol. The number of carbonyl (C=O) groups excluding carboxylic acids is 1. The Morgan fingerprint density at radius 1 is 1.14 bits per heavy atom. The number of benzene rings is 2. The number of nitrogens with zero attached hydrogens (tertiary/aromatic N) is 1. The normalized spacial score (nSPS) is 11.1. The van der Waals surface area contributed by atoms with E-state index in [1.807, 2.05) is 0 Å². The van der Waals surface area contributed by atoms with Crippen molar-refractivity contribution in [2.24, 2.45) is 0 Å². The molecule has 0 unspecified atom stereocenters. The Kier molecular flexibility index (Phi) is 5.64. The van der Waals surface area contributed by atoms with Gasteiger partial charge in [-0.05, 0) is 49.4 Å². The summed E-state index contributed by atoms with van der Waals surface area (Å²) >= 11 is 0. The van der Waals surface area contributed by atoms with Gasteiger partial charge < -0.3 is 9.73 Å². The number of rotatable bonds is 7. The number of nitrogens with one attached hydrogen (secondary N) is 2. The van der Waals surface area contributed by atoms with Crippen molar-refractivity contribution in [2.75, 3.05) is 4.72 Å². The third kappa shape index (κ3) is 4.79. The van der Waals surface area contributed by atoms with E-state index in [1.165, 1.54) is 49.6 Å². The van der Waals surface area contributed by atoms with Gasteiger partial charge in [0.05, 0.1) is 22.6 Å². The highest BCUT2D eigenvalue weighted by Crippen LogP contribution is 2.24. The van der Waals surface area contributed by atoms with Crippen molar-refractivity contribution >= 4 is 27.3 Å². The maximum absolute atomic E-state index is 12.5. The summed E-state index contributed by atoms with van der Waals surface area (Å²) in [6.07, 6.45) is 1.51. The van der Waals surface area contributed by atoms with Crippen molar-refractivity contribution in [1.82, 2.24) is 5.32 Å². The summed E-state index contributed by atoms with van der Waals surface area (Å²) < 4.78 is 32.5. The van der Waals surface area contributed by atoms with E-state index in [0.29, 0.717) is 16.9 Å². The van der Waals surface area contributed by atoms with E-state index in [4.69, 9.17) is 4.42 Å². The fourth-order valence-corrected chi connectivity index (χ4v) is 3.62. The quantitative estimate of drug-likeness (QED) is 0.450. The summed E-state index contributed by atoms with van der Waals surface area (Å²) in [5, 5.41) is 13.7. The van der Waals surface area contributed by atoms with Gasteiger partial charge in [0.1, 0.15) is 5.76 Å². The Balaban J connectivity index is 1.71. The van der Waals surface area contributed by atoms with Crippen LogP contribution in [0.3, 0.4) is 0 Å². The van der Waals surface area contributed by atoms with Gasteiger partial charge in [0.25, 0.3) is 21.6 Å². The molecular weight excluding hydrogens is 398 g/mol. The number of hydrogen-bond donors (Lipinski definition) is 2. The summed E-state index contributed by atoms with van der Waals surface area (Å²) in [4.78, 5) is 22.3. The maximum Gasteiger partial charge on any atom is 0.273 e. The monoisotopic (exact) mass is 415 g/mol. The van der Waals surface area contributed by atoms with Crippen LogP contribution < -0.4 is 10.0 Å². The molecule has 0 bridgehead atoms. The van der Waals surface area contributed by atoms with Gasteiger partial charge in [-0.15, -0.1) is 0 Å². The van der Waals surface area contributed by atoms with Crippen LogP contribution >= 0.6 is 0 Å². The van der Waals surface area contributed by atoms with Crippen LogP contribution in [0.25, 0.3) is 0 Å². The summed E-state index contributed by atoms with van der Waals surface area (Å²) in [6, 6.07) is 12.9. The number of sulfonamides is 1. The lowest BCUT2D eigenvalue weighted by molar-refractivity contribution is -0.385. The van der Waals surface area contributed by atoms with E-state index >= 15 is 0 Å². The minimum Gasteiger partial charge on any atom is -0.467 e. The van der Waals surface area contributed by atoms with Crippen molar-refractivity contribution in [3.05, 3.63) is 87.9 Å². The summed E-state index contributed by atoms with van der Waals surface area (Å²) in [7, 11) is -4.03. The highest BCUT2D eigenvalue weighted by atomic mass is 32.2. The molecule has 1 amide bonds. The van der Waals surface area contributed by atoms with Gasteiger partial charge in [-0.2, -0.15) is 0 Å². The summed E-state index contributed by atoms with van der Waals surface area (Å²) in [5.41, 5.74) is 0.636. The van der Waals surface area contributed by atoms with Crippen LogP contribution in [0.1, 0.15) is 21.7 Å². The Bertz CT molecular complexity index is 1140. The first-order valence-electron chi connectivity index (χ1n) is 8.45. The predicted octanol–water partition coefficient (Wildman–Crippen LogP) is 3.23. The Labute approximate surface area is 166 Å². The second-order valence-corrected chi connectivity index (χ2v) is 7.83. The summed E-state index contributed by atoms with van der Waals surface area (Å²) in [6.45, 7) is 1.75. The molecule has 0 saturated heterocycles. The lowest BCUT2D eigenvalue weighted by Crippen LogP contribution is -2.22. The van der Waals surface area contributed by atoms with E-state index in [1.54, 1.807) is 12.1 Å². The number of aryl methyl sites for hydroxylation is 1. The van der Waals surface area contributed by atoms with Crippen molar-refractivity contribution in [2.45, 2.75) is 18.4 Å². The zero-order chi connectivity index (χ0) is 21.0. The highest BCUT2D eigenvalue weighted by Gasteiger charge is 2.20. The van der Waals surface area contributed by atoms with Gasteiger partial charge in [-0.1, -0.05) is 6.07 Å². The van der Waals surface area contributed by atoms with E-state index in [0.717, 1.165) is 6.07 Å². The molecule has 0 saturated carbocycles. The molecular formula is C19H17N3O6S. The van der Waals surface area contributed by atoms with Crippen LogP contribution in [0.2, 0.25) is 0 Å². The van der Waals surface area contributed by atoms with Gasteiger partial charge in [0.2, 0.25) is 0 Å². The lowest BCUT2D eigenvalue weighted by Gasteiger charge is -2.09. The minimum atomic E-state index is -4.03. The minimum absolute atomic E-state index is 0.218. The fraction of sp³-hybridized carbons (Fsp3) is 0.105. The van der Waals surface area contributed by atoms with Crippen molar-refractivity contribution < 1.29 is 22.6 Å². The zero-order valence-corrected chi connectivity index (χ0v) is 16.1. The van der Waals surface area contributed by atoms with Crippen molar-refractivity contribution in [3.63, 3.8) is 0 Å². The Hall–Kier alpha value is -3.66. The molecule has 2 N–H and O–H groups in total. The van der Waals surface area contributed by atoms with Gasteiger partial charge in [-0.3, -0.25) is 19.6 Å². The third-order valence-electron chi connectivity index (χ3n) is 4.09. The average molecular weight is 415 g/mol. The van der Waals surface area contributed by atoms with Gasteiger partial charge in [0.15, 0.2) is 0 Å². The molecule has 0 fully saturated rings. The Morgan fingerprint density at radius 3 is 2.48 bits per heavy atom. The molecule has 0 spiro atoms. The number of nitro groups is 1. The first kappa shape index (κ1) is 20.1. The topological polar surface area (TPSA) is 132 Å². The number of nitro benzene ring substituents is 1. The molecule has 0 aliphatic carbocycles. The van der Waals surface area contributed by atoms with Crippen LogP contribution in [0.4, 0.5) is 11.4 Å². The third-order valence-corrected chi connectivity index (χ3v) is 5.47. The molecule has 1 aromatic heterocycles. The second kappa shape index (κ2) is 8.15. The zero-order valence-electron chi connectivity index (χ0n) is 15.3. The Morgan fingerprint density at radius 2 is 1.86 bits per heavy atom. The van der Waals surface area contributed by atoms with Crippen molar-refractivity contribution in [1.29, 1.82) is 0 Å². The molecule has 0 aliphatic rings. The molecule has 3 aromatic rings. The number of furan rings is 1. The number of hydrogen-bond acceptors (Lipinski definition) is 6. The molecule has 29 heavy (non-hydrogen) atoms. The van der Waals surface area contributed by atoms with Crippen LogP contribution in [-0.2, 0) is 16.6 Å². The lowest BCUT2D eigenvalue weighted by atomic mass is 10.2. The van der Waals surface area contributed by atoms with Crippen molar-refractivity contribution in [3.8, 4) is 0 Å². The van der Waals surface area contributed by atoms with Crippen LogP contribution in [0, 0.1) is 17.0 Å². The second-order valence-electron chi connectivity index (χ2n) is 6.15. The number of anilines is 1. The smallest absolute Gasteiger partial charge is 0.273 e.